The highest BCUT2D eigenvalue weighted by Crippen LogP contribution is 2.18. The number of carbonyl (C=O) groups excluding carboxylic acids is 1. The van der Waals surface area contributed by atoms with Crippen molar-refractivity contribution in [1.82, 2.24) is 15.1 Å². The highest BCUT2D eigenvalue weighted by molar-refractivity contribution is 5.76. The molecule has 1 aromatic heterocycles. The lowest BCUT2D eigenvalue weighted by Crippen LogP contribution is -2.30. The van der Waals surface area contributed by atoms with Crippen molar-refractivity contribution in [2.75, 3.05) is 13.7 Å². The molecule has 2 rings (SSSR count). The fourth-order valence-electron chi connectivity index (χ4n) is 2.72. The van der Waals surface area contributed by atoms with Gasteiger partial charge in [0.15, 0.2) is 11.6 Å². The fraction of sp³-hybridized carbons (Fsp3) is 0.474. The Morgan fingerprint density at radius 2 is 2.12 bits per heavy atom. The molecule has 0 fully saturated rings. The summed E-state index contributed by atoms with van der Waals surface area (Å²) in [6.07, 6.45) is 0.830. The summed E-state index contributed by atoms with van der Waals surface area (Å²) in [6, 6.07) is 6.82. The molecule has 1 amide bonds. The second-order valence-corrected chi connectivity index (χ2v) is 6.49. The van der Waals surface area contributed by atoms with Gasteiger partial charge in [0.25, 0.3) is 0 Å². The molecule has 136 valence electrons. The Morgan fingerprint density at radius 3 is 2.72 bits per heavy atom. The Morgan fingerprint density at radius 1 is 1.36 bits per heavy atom. The fourth-order valence-corrected chi connectivity index (χ4v) is 2.72. The van der Waals surface area contributed by atoms with Crippen LogP contribution in [-0.2, 0) is 17.8 Å². The molecule has 0 bridgehead atoms. The quantitative estimate of drug-likeness (QED) is 0.798. The molecule has 1 atom stereocenters. The Labute approximate surface area is 148 Å². The number of benzene rings is 1. The molecule has 6 heteroatoms. The van der Waals surface area contributed by atoms with E-state index in [0.717, 1.165) is 23.5 Å². The van der Waals surface area contributed by atoms with Crippen LogP contribution in [-0.4, -0.2) is 29.3 Å². The Hall–Kier alpha value is -2.37. The van der Waals surface area contributed by atoms with Gasteiger partial charge in [0, 0.05) is 25.2 Å². The van der Waals surface area contributed by atoms with Crippen molar-refractivity contribution in [3.63, 3.8) is 0 Å². The second kappa shape index (κ2) is 8.65. The Bertz CT molecular complexity index is 727. The van der Waals surface area contributed by atoms with Crippen LogP contribution in [0.3, 0.4) is 0 Å². The van der Waals surface area contributed by atoms with Gasteiger partial charge in [-0.3, -0.25) is 9.48 Å². The predicted molar refractivity (Wildman–Crippen MR) is 95.1 cm³/mol. The highest BCUT2D eigenvalue weighted by atomic mass is 19.1. The van der Waals surface area contributed by atoms with Crippen LogP contribution in [0, 0.1) is 25.6 Å². The molecule has 1 unspecified atom stereocenters. The first-order valence-electron chi connectivity index (χ1n) is 8.49. The third-order valence-corrected chi connectivity index (χ3v) is 4.09. The number of halogens is 1. The molecule has 0 saturated carbocycles. The molecule has 2 aromatic rings. The third-order valence-electron chi connectivity index (χ3n) is 4.09. The largest absolute Gasteiger partial charge is 0.494 e. The van der Waals surface area contributed by atoms with Crippen LogP contribution in [0.2, 0.25) is 0 Å². The summed E-state index contributed by atoms with van der Waals surface area (Å²) in [5.41, 5.74) is 2.90. The van der Waals surface area contributed by atoms with E-state index in [-0.39, 0.29) is 17.6 Å². The first kappa shape index (κ1) is 19.0. The standard InChI is InChI=1S/C19H26FN3O2/c1-13(12-23-15(3)9-14(2)22-23)11-21-19(24)8-6-16-5-7-18(25-4)17(20)10-16/h5,7,9-10,13H,6,8,11-12H2,1-4H3,(H,21,24). The lowest BCUT2D eigenvalue weighted by molar-refractivity contribution is -0.121. The van der Waals surface area contributed by atoms with Crippen molar-refractivity contribution in [2.24, 2.45) is 5.92 Å². The molecular weight excluding hydrogens is 321 g/mol. The van der Waals surface area contributed by atoms with Crippen molar-refractivity contribution in [1.29, 1.82) is 0 Å². The van der Waals surface area contributed by atoms with Gasteiger partial charge in [-0.15, -0.1) is 0 Å². The molecular formula is C19H26FN3O2. The zero-order chi connectivity index (χ0) is 18.4. The van der Waals surface area contributed by atoms with Crippen molar-refractivity contribution < 1.29 is 13.9 Å². The summed E-state index contributed by atoms with van der Waals surface area (Å²) < 4.78 is 20.5. The molecule has 0 radical (unpaired) electrons. The van der Waals surface area contributed by atoms with Crippen LogP contribution in [0.5, 0.6) is 5.75 Å². The average molecular weight is 347 g/mol. The topological polar surface area (TPSA) is 56.1 Å². The molecule has 1 aromatic carbocycles. The first-order valence-corrected chi connectivity index (χ1v) is 8.49. The summed E-state index contributed by atoms with van der Waals surface area (Å²) in [5, 5.41) is 7.37. The van der Waals surface area contributed by atoms with E-state index in [9.17, 15) is 9.18 Å². The SMILES string of the molecule is COc1ccc(CCC(=O)NCC(C)Cn2nc(C)cc2C)cc1F. The Kier molecular flexibility index (Phi) is 6.56. The van der Waals surface area contributed by atoms with Crippen molar-refractivity contribution in [3.05, 3.63) is 47.0 Å². The highest BCUT2D eigenvalue weighted by Gasteiger charge is 2.10. The number of hydrogen-bond donors (Lipinski definition) is 1. The van der Waals surface area contributed by atoms with Crippen LogP contribution in [0.15, 0.2) is 24.3 Å². The van der Waals surface area contributed by atoms with Crippen LogP contribution in [0.1, 0.15) is 30.3 Å². The number of nitrogens with zero attached hydrogens (tertiary/aromatic N) is 2. The maximum absolute atomic E-state index is 13.6. The number of hydrogen-bond acceptors (Lipinski definition) is 3. The number of amides is 1. The number of ether oxygens (including phenoxy) is 1. The predicted octanol–water partition coefficient (Wildman–Crippen LogP) is 3.03. The van der Waals surface area contributed by atoms with E-state index in [1.54, 1.807) is 12.1 Å². The number of carbonyl (C=O) groups is 1. The number of methoxy groups -OCH3 is 1. The van der Waals surface area contributed by atoms with E-state index in [1.807, 2.05) is 24.6 Å². The van der Waals surface area contributed by atoms with E-state index in [0.29, 0.717) is 19.4 Å². The summed E-state index contributed by atoms with van der Waals surface area (Å²) >= 11 is 0. The molecule has 25 heavy (non-hydrogen) atoms. The number of aryl methyl sites for hydroxylation is 3. The molecule has 5 nitrogen and oxygen atoms in total. The van der Waals surface area contributed by atoms with Gasteiger partial charge in [0.2, 0.25) is 5.91 Å². The van der Waals surface area contributed by atoms with E-state index in [4.69, 9.17) is 4.74 Å². The molecule has 0 aliphatic heterocycles. The molecule has 0 aliphatic rings. The van der Waals surface area contributed by atoms with Crippen molar-refractivity contribution in [3.8, 4) is 5.75 Å². The molecule has 0 aliphatic carbocycles. The van der Waals surface area contributed by atoms with E-state index < -0.39 is 5.82 Å². The average Bonchev–Trinajstić information content (AvgIpc) is 2.88. The second-order valence-electron chi connectivity index (χ2n) is 6.49. The van der Waals surface area contributed by atoms with Gasteiger partial charge in [-0.2, -0.15) is 5.10 Å². The van der Waals surface area contributed by atoms with Gasteiger partial charge < -0.3 is 10.1 Å². The van der Waals surface area contributed by atoms with E-state index in [2.05, 4.69) is 17.3 Å². The van der Waals surface area contributed by atoms with Gasteiger partial charge in [0.05, 0.1) is 12.8 Å². The van der Waals surface area contributed by atoms with Crippen molar-refractivity contribution >= 4 is 5.91 Å². The normalized spacial score (nSPS) is 12.0. The van der Waals surface area contributed by atoms with Gasteiger partial charge >= 0.3 is 0 Å². The minimum absolute atomic E-state index is 0.0311. The number of nitrogens with one attached hydrogen (secondary N) is 1. The maximum Gasteiger partial charge on any atom is 0.220 e. The first-order chi connectivity index (χ1) is 11.9. The van der Waals surface area contributed by atoms with Crippen molar-refractivity contribution in [2.45, 2.75) is 40.2 Å². The zero-order valence-electron chi connectivity index (χ0n) is 15.3. The zero-order valence-corrected chi connectivity index (χ0v) is 15.3. The van der Waals surface area contributed by atoms with Gasteiger partial charge in [-0.25, -0.2) is 4.39 Å². The maximum atomic E-state index is 13.6. The van der Waals surface area contributed by atoms with Gasteiger partial charge in [-0.05, 0) is 49.9 Å². The summed E-state index contributed by atoms with van der Waals surface area (Å²) in [7, 11) is 1.43. The third kappa shape index (κ3) is 5.59. The van der Waals surface area contributed by atoms with E-state index in [1.165, 1.54) is 13.2 Å². The summed E-state index contributed by atoms with van der Waals surface area (Å²) in [4.78, 5) is 12.0. The lowest BCUT2D eigenvalue weighted by Gasteiger charge is -2.14. The minimum atomic E-state index is -0.404. The summed E-state index contributed by atoms with van der Waals surface area (Å²) in [6.45, 7) is 7.44. The molecule has 0 spiro atoms. The van der Waals surface area contributed by atoms with Crippen LogP contribution in [0.25, 0.3) is 0 Å². The smallest absolute Gasteiger partial charge is 0.220 e. The molecule has 1 heterocycles. The monoisotopic (exact) mass is 347 g/mol. The number of aromatic nitrogens is 2. The molecule has 0 saturated heterocycles. The van der Waals surface area contributed by atoms with Crippen LogP contribution >= 0.6 is 0 Å². The molecule has 1 N–H and O–H groups in total. The minimum Gasteiger partial charge on any atom is -0.494 e. The van der Waals surface area contributed by atoms with Gasteiger partial charge in [-0.1, -0.05) is 13.0 Å². The van der Waals surface area contributed by atoms with Crippen LogP contribution in [0.4, 0.5) is 4.39 Å². The number of rotatable bonds is 8. The van der Waals surface area contributed by atoms with Gasteiger partial charge in [0.1, 0.15) is 0 Å². The van der Waals surface area contributed by atoms with Crippen LogP contribution < -0.4 is 10.1 Å². The van der Waals surface area contributed by atoms with E-state index >= 15 is 0 Å². The lowest BCUT2D eigenvalue weighted by atomic mass is 10.1. The Balaban J connectivity index is 1.75. The summed E-state index contributed by atoms with van der Waals surface area (Å²) in [5.74, 6) is 0.0573.